The van der Waals surface area contributed by atoms with Crippen LogP contribution in [-0.4, -0.2) is 37.4 Å². The van der Waals surface area contributed by atoms with Crippen LogP contribution in [0.3, 0.4) is 0 Å². The van der Waals surface area contributed by atoms with Gasteiger partial charge in [-0.1, -0.05) is 18.2 Å². The lowest BCUT2D eigenvalue weighted by Crippen LogP contribution is -2.30. The molecule has 0 saturated heterocycles. The molecule has 1 aliphatic heterocycles. The van der Waals surface area contributed by atoms with Crippen molar-refractivity contribution in [2.75, 3.05) is 20.8 Å². The number of methoxy groups -OCH3 is 2. The van der Waals surface area contributed by atoms with Crippen LogP contribution in [0.2, 0.25) is 0 Å². The molecule has 1 unspecified atom stereocenters. The molecule has 1 heterocycles. The molecule has 1 aliphatic carbocycles. The number of allylic oxidation sites excluding steroid dienone is 2. The van der Waals surface area contributed by atoms with Crippen molar-refractivity contribution in [2.45, 2.75) is 18.9 Å². The number of ketones is 1. The first-order valence-electron chi connectivity index (χ1n) is 8.20. The number of hydrogen-bond acceptors (Lipinski definition) is 5. The van der Waals surface area contributed by atoms with Gasteiger partial charge in [-0.25, -0.2) is 0 Å². The number of primary amides is 1. The molecule has 6 nitrogen and oxygen atoms in total. The van der Waals surface area contributed by atoms with Gasteiger partial charge < -0.3 is 20.1 Å². The van der Waals surface area contributed by atoms with Crippen molar-refractivity contribution < 1.29 is 19.1 Å². The zero-order chi connectivity index (χ0) is 18.0. The minimum absolute atomic E-state index is 0.125. The number of carbonyl (C=O) groups excluding carboxylic acids is 2. The molecule has 0 bridgehead atoms. The molecule has 0 fully saturated rings. The first kappa shape index (κ1) is 17.1. The molecular weight excluding hydrogens is 320 g/mol. The Labute approximate surface area is 146 Å². The summed E-state index contributed by atoms with van der Waals surface area (Å²) in [7, 11) is 3.15. The van der Waals surface area contributed by atoms with Crippen molar-refractivity contribution in [1.82, 2.24) is 4.90 Å². The summed E-state index contributed by atoms with van der Waals surface area (Å²) in [6.07, 6.45) is 6.45. The van der Waals surface area contributed by atoms with Gasteiger partial charge in [-0.3, -0.25) is 9.59 Å². The van der Waals surface area contributed by atoms with Crippen LogP contribution >= 0.6 is 0 Å². The van der Waals surface area contributed by atoms with Gasteiger partial charge in [-0.2, -0.15) is 0 Å². The standard InChI is InChI=1S/C19H22N2O4/c1-24-17-7-6-12(8-18(17)25-2)15(9-19(20)23)21-10-13-4-3-5-16(22)14(13)11-21/h3-4,6-8,10,14-15H,5,9,11H2,1-2H3,(H2,20,23)/t14?,15-/m0/s1. The minimum Gasteiger partial charge on any atom is -0.493 e. The zero-order valence-corrected chi connectivity index (χ0v) is 14.4. The largest absolute Gasteiger partial charge is 0.493 e. The van der Waals surface area contributed by atoms with Gasteiger partial charge in [-0.05, 0) is 23.3 Å². The molecule has 2 N–H and O–H groups in total. The Bertz CT molecular complexity index is 754. The van der Waals surface area contributed by atoms with Crippen LogP contribution in [-0.2, 0) is 9.59 Å². The van der Waals surface area contributed by atoms with Crippen LogP contribution in [0.4, 0.5) is 0 Å². The second kappa shape index (κ2) is 7.01. The Balaban J connectivity index is 1.94. The van der Waals surface area contributed by atoms with Crippen molar-refractivity contribution in [2.24, 2.45) is 11.7 Å². The molecule has 6 heteroatoms. The lowest BCUT2D eigenvalue weighted by Gasteiger charge is -2.29. The normalized spacial score (nSPS) is 20.1. The van der Waals surface area contributed by atoms with Crippen molar-refractivity contribution in [3.63, 3.8) is 0 Å². The van der Waals surface area contributed by atoms with E-state index in [4.69, 9.17) is 15.2 Å². The summed E-state index contributed by atoms with van der Waals surface area (Å²) in [5.41, 5.74) is 7.36. The topological polar surface area (TPSA) is 81.9 Å². The van der Waals surface area contributed by atoms with Crippen LogP contribution in [0, 0.1) is 5.92 Å². The van der Waals surface area contributed by atoms with E-state index in [0.717, 1.165) is 11.1 Å². The third-order valence-electron chi connectivity index (χ3n) is 4.72. The molecule has 0 aromatic heterocycles. The predicted molar refractivity (Wildman–Crippen MR) is 93.1 cm³/mol. The fourth-order valence-electron chi connectivity index (χ4n) is 3.45. The summed E-state index contributed by atoms with van der Waals surface area (Å²) in [6.45, 7) is 0.560. The molecule has 1 aromatic rings. The SMILES string of the molecule is COc1ccc([C@H](CC(N)=O)N2C=C3C=CCC(=O)C3C2)cc1OC. The summed E-state index contributed by atoms with van der Waals surface area (Å²) in [5.74, 6) is 0.905. The van der Waals surface area contributed by atoms with Gasteiger partial charge in [0.1, 0.15) is 5.78 Å². The van der Waals surface area contributed by atoms with Crippen LogP contribution in [0.15, 0.2) is 42.1 Å². The van der Waals surface area contributed by atoms with E-state index in [2.05, 4.69) is 0 Å². The molecule has 2 atom stereocenters. The minimum atomic E-state index is -0.394. The van der Waals surface area contributed by atoms with Gasteiger partial charge in [0.15, 0.2) is 11.5 Å². The number of amides is 1. The summed E-state index contributed by atoms with van der Waals surface area (Å²) in [6, 6.07) is 5.30. The van der Waals surface area contributed by atoms with Crippen molar-refractivity contribution in [1.29, 1.82) is 0 Å². The number of ether oxygens (including phenoxy) is 2. The van der Waals surface area contributed by atoms with E-state index in [0.29, 0.717) is 24.5 Å². The summed E-state index contributed by atoms with van der Waals surface area (Å²) in [4.78, 5) is 25.8. The van der Waals surface area contributed by atoms with E-state index < -0.39 is 5.91 Å². The molecule has 1 amide bonds. The summed E-state index contributed by atoms with van der Waals surface area (Å²) >= 11 is 0. The van der Waals surface area contributed by atoms with E-state index in [1.165, 1.54) is 0 Å². The molecule has 25 heavy (non-hydrogen) atoms. The third-order valence-corrected chi connectivity index (χ3v) is 4.72. The zero-order valence-electron chi connectivity index (χ0n) is 14.4. The Morgan fingerprint density at radius 2 is 2.08 bits per heavy atom. The molecular formula is C19H22N2O4. The predicted octanol–water partition coefficient (Wildman–Crippen LogP) is 1.97. The summed E-state index contributed by atoms with van der Waals surface area (Å²) in [5, 5.41) is 0. The lowest BCUT2D eigenvalue weighted by atomic mass is 9.90. The van der Waals surface area contributed by atoms with Crippen molar-refractivity contribution >= 4 is 11.7 Å². The Morgan fingerprint density at radius 1 is 1.32 bits per heavy atom. The second-order valence-electron chi connectivity index (χ2n) is 6.25. The van der Waals surface area contributed by atoms with Gasteiger partial charge in [0.2, 0.25) is 5.91 Å². The number of fused-ring (bicyclic) bond motifs is 1. The fourth-order valence-corrected chi connectivity index (χ4v) is 3.45. The molecule has 0 spiro atoms. The smallest absolute Gasteiger partial charge is 0.219 e. The monoisotopic (exact) mass is 342 g/mol. The quantitative estimate of drug-likeness (QED) is 0.855. The van der Waals surface area contributed by atoms with Crippen LogP contribution in [0.1, 0.15) is 24.4 Å². The summed E-state index contributed by atoms with van der Waals surface area (Å²) < 4.78 is 10.6. The number of nitrogens with zero attached hydrogens (tertiary/aromatic N) is 1. The first-order chi connectivity index (χ1) is 12.0. The van der Waals surface area contributed by atoms with Crippen molar-refractivity contribution in [3.8, 4) is 11.5 Å². The number of rotatable bonds is 6. The van der Waals surface area contributed by atoms with Gasteiger partial charge in [0, 0.05) is 19.2 Å². The van der Waals surface area contributed by atoms with Crippen molar-refractivity contribution in [3.05, 3.63) is 47.7 Å². The average molecular weight is 342 g/mol. The number of nitrogens with two attached hydrogens (primary N) is 1. The lowest BCUT2D eigenvalue weighted by molar-refractivity contribution is -0.121. The highest BCUT2D eigenvalue weighted by atomic mass is 16.5. The Hall–Kier alpha value is -2.76. The van der Waals surface area contributed by atoms with Crippen LogP contribution in [0.25, 0.3) is 0 Å². The number of carbonyl (C=O) groups is 2. The van der Waals surface area contributed by atoms with E-state index in [9.17, 15) is 9.59 Å². The highest BCUT2D eigenvalue weighted by Crippen LogP contribution is 2.38. The number of hydrogen-bond donors (Lipinski definition) is 1. The Kier molecular flexibility index (Phi) is 4.79. The third kappa shape index (κ3) is 3.38. The second-order valence-corrected chi connectivity index (χ2v) is 6.25. The number of Topliss-reactive ketones (excluding diaryl/α,β-unsaturated/α-hetero) is 1. The number of benzene rings is 1. The van der Waals surface area contributed by atoms with Crippen LogP contribution in [0.5, 0.6) is 11.5 Å². The van der Waals surface area contributed by atoms with E-state index >= 15 is 0 Å². The van der Waals surface area contributed by atoms with Gasteiger partial charge >= 0.3 is 0 Å². The van der Waals surface area contributed by atoms with E-state index in [1.54, 1.807) is 14.2 Å². The molecule has 1 aromatic carbocycles. The average Bonchev–Trinajstić information content (AvgIpc) is 3.04. The fraction of sp³-hybridized carbons (Fsp3) is 0.368. The molecule has 0 saturated carbocycles. The maximum atomic E-state index is 12.1. The van der Waals surface area contributed by atoms with E-state index in [1.807, 2.05) is 41.5 Å². The Morgan fingerprint density at radius 3 is 2.72 bits per heavy atom. The molecule has 3 rings (SSSR count). The van der Waals surface area contributed by atoms with E-state index in [-0.39, 0.29) is 24.2 Å². The highest BCUT2D eigenvalue weighted by Gasteiger charge is 2.34. The van der Waals surface area contributed by atoms with Crippen LogP contribution < -0.4 is 15.2 Å². The highest BCUT2D eigenvalue weighted by molar-refractivity contribution is 5.88. The first-order valence-corrected chi connectivity index (χ1v) is 8.20. The van der Waals surface area contributed by atoms with Gasteiger partial charge in [0.25, 0.3) is 0 Å². The van der Waals surface area contributed by atoms with Gasteiger partial charge in [-0.15, -0.1) is 0 Å². The maximum Gasteiger partial charge on any atom is 0.219 e. The molecule has 132 valence electrons. The maximum absolute atomic E-state index is 12.1. The molecule has 2 aliphatic rings. The molecule has 0 radical (unpaired) electrons. The van der Waals surface area contributed by atoms with Gasteiger partial charge in [0.05, 0.1) is 32.6 Å².